The lowest BCUT2D eigenvalue weighted by Gasteiger charge is -2.30. The average Bonchev–Trinajstić information content (AvgIpc) is 3.12. The maximum absolute atomic E-state index is 13.1. The average molecular weight is 385 g/mol. The van der Waals surface area contributed by atoms with Gasteiger partial charge in [0, 0.05) is 44.8 Å². The Bertz CT molecular complexity index is 813. The minimum Gasteiger partial charge on any atom is -0.385 e. The molecule has 148 valence electrons. The number of methoxy groups -OCH3 is 1. The first-order valence-corrected chi connectivity index (χ1v) is 9.25. The third-order valence-corrected chi connectivity index (χ3v) is 5.08. The Hall–Kier alpha value is -2.80. The lowest BCUT2D eigenvalue weighted by Crippen LogP contribution is -2.51. The number of rotatable bonds is 7. The van der Waals surface area contributed by atoms with Crippen molar-refractivity contribution < 1.29 is 18.7 Å². The summed E-state index contributed by atoms with van der Waals surface area (Å²) in [6.07, 6.45) is 4.87. The Kier molecular flexibility index (Phi) is 6.36. The summed E-state index contributed by atoms with van der Waals surface area (Å²) in [5.74, 6) is -0.652. The van der Waals surface area contributed by atoms with Crippen LogP contribution in [-0.4, -0.2) is 54.0 Å². The summed E-state index contributed by atoms with van der Waals surface area (Å²) in [4.78, 5) is 31.1. The zero-order valence-electron chi connectivity index (χ0n) is 15.9. The lowest BCUT2D eigenvalue weighted by atomic mass is 9.93. The SMILES string of the molecule is COCCC1(NC(=O)c2ccc(F)cc2)CCN(C(=O)Cc2ccncc2)C1. The van der Waals surface area contributed by atoms with Gasteiger partial charge in [-0.05, 0) is 54.8 Å². The molecule has 7 heteroatoms. The van der Waals surface area contributed by atoms with Crippen LogP contribution in [0.2, 0.25) is 0 Å². The van der Waals surface area contributed by atoms with Crippen molar-refractivity contribution in [2.24, 2.45) is 0 Å². The summed E-state index contributed by atoms with van der Waals surface area (Å²) < 4.78 is 18.3. The van der Waals surface area contributed by atoms with Gasteiger partial charge < -0.3 is 15.0 Å². The molecule has 1 aromatic heterocycles. The Morgan fingerprint density at radius 2 is 1.93 bits per heavy atom. The summed E-state index contributed by atoms with van der Waals surface area (Å²) >= 11 is 0. The molecule has 1 atom stereocenters. The smallest absolute Gasteiger partial charge is 0.251 e. The zero-order valence-corrected chi connectivity index (χ0v) is 15.9. The van der Waals surface area contributed by atoms with Crippen LogP contribution in [0.15, 0.2) is 48.8 Å². The molecule has 1 aliphatic heterocycles. The number of hydrogen-bond acceptors (Lipinski definition) is 4. The van der Waals surface area contributed by atoms with Gasteiger partial charge in [-0.25, -0.2) is 4.39 Å². The highest BCUT2D eigenvalue weighted by Crippen LogP contribution is 2.26. The molecule has 0 radical (unpaired) electrons. The Morgan fingerprint density at radius 1 is 1.21 bits per heavy atom. The van der Waals surface area contributed by atoms with Gasteiger partial charge in [0.25, 0.3) is 5.91 Å². The van der Waals surface area contributed by atoms with E-state index in [0.29, 0.717) is 44.5 Å². The number of nitrogens with zero attached hydrogens (tertiary/aromatic N) is 2. The molecule has 1 aromatic carbocycles. The van der Waals surface area contributed by atoms with Crippen molar-refractivity contribution in [1.82, 2.24) is 15.2 Å². The van der Waals surface area contributed by atoms with Gasteiger partial charge in [0.05, 0.1) is 12.0 Å². The Labute approximate surface area is 163 Å². The van der Waals surface area contributed by atoms with E-state index in [4.69, 9.17) is 4.74 Å². The van der Waals surface area contributed by atoms with E-state index in [9.17, 15) is 14.0 Å². The van der Waals surface area contributed by atoms with Gasteiger partial charge >= 0.3 is 0 Å². The number of benzene rings is 1. The van der Waals surface area contributed by atoms with E-state index in [-0.39, 0.29) is 17.6 Å². The minimum atomic E-state index is -0.560. The van der Waals surface area contributed by atoms with Gasteiger partial charge in [-0.15, -0.1) is 0 Å². The number of hydrogen-bond donors (Lipinski definition) is 1. The third kappa shape index (κ3) is 4.92. The molecule has 3 rings (SSSR count). The Balaban J connectivity index is 1.68. The third-order valence-electron chi connectivity index (χ3n) is 5.08. The number of ether oxygens (including phenoxy) is 1. The largest absolute Gasteiger partial charge is 0.385 e. The molecule has 1 saturated heterocycles. The first kappa shape index (κ1) is 19.9. The van der Waals surface area contributed by atoms with Gasteiger partial charge in [0.15, 0.2) is 0 Å². The number of pyridine rings is 1. The molecular weight excluding hydrogens is 361 g/mol. The molecule has 28 heavy (non-hydrogen) atoms. The van der Waals surface area contributed by atoms with E-state index >= 15 is 0 Å². The highest BCUT2D eigenvalue weighted by molar-refractivity contribution is 5.94. The molecule has 2 heterocycles. The van der Waals surface area contributed by atoms with Crippen molar-refractivity contribution in [1.29, 1.82) is 0 Å². The monoisotopic (exact) mass is 385 g/mol. The van der Waals surface area contributed by atoms with Crippen LogP contribution in [0, 0.1) is 5.82 Å². The van der Waals surface area contributed by atoms with Crippen LogP contribution >= 0.6 is 0 Å². The zero-order chi connectivity index (χ0) is 20.0. The minimum absolute atomic E-state index is 0.0153. The number of likely N-dealkylation sites (tertiary alicyclic amines) is 1. The van der Waals surface area contributed by atoms with Crippen molar-refractivity contribution in [2.75, 3.05) is 26.8 Å². The summed E-state index contributed by atoms with van der Waals surface area (Å²) in [6, 6.07) is 9.07. The molecule has 0 bridgehead atoms. The molecule has 2 amide bonds. The molecule has 1 N–H and O–H groups in total. The predicted octanol–water partition coefficient (Wildman–Crippen LogP) is 2.20. The van der Waals surface area contributed by atoms with Crippen LogP contribution in [-0.2, 0) is 16.0 Å². The van der Waals surface area contributed by atoms with Crippen molar-refractivity contribution >= 4 is 11.8 Å². The number of amides is 2. The van der Waals surface area contributed by atoms with Gasteiger partial charge in [0.1, 0.15) is 5.82 Å². The maximum Gasteiger partial charge on any atom is 0.251 e. The summed E-state index contributed by atoms with van der Waals surface area (Å²) in [5, 5.41) is 3.07. The van der Waals surface area contributed by atoms with E-state index < -0.39 is 5.54 Å². The topological polar surface area (TPSA) is 71.5 Å². The van der Waals surface area contributed by atoms with Crippen LogP contribution in [0.4, 0.5) is 4.39 Å². The van der Waals surface area contributed by atoms with Gasteiger partial charge in [0.2, 0.25) is 5.91 Å². The molecule has 1 unspecified atom stereocenters. The van der Waals surface area contributed by atoms with Crippen LogP contribution in [0.3, 0.4) is 0 Å². The van der Waals surface area contributed by atoms with Crippen LogP contribution < -0.4 is 5.32 Å². The number of carbonyl (C=O) groups is 2. The van der Waals surface area contributed by atoms with Crippen LogP contribution in [0.5, 0.6) is 0 Å². The van der Waals surface area contributed by atoms with Gasteiger partial charge in [-0.3, -0.25) is 14.6 Å². The number of nitrogens with one attached hydrogen (secondary N) is 1. The fourth-order valence-corrected chi connectivity index (χ4v) is 3.45. The summed E-state index contributed by atoms with van der Waals surface area (Å²) in [5.41, 5.74) is 0.736. The number of carbonyl (C=O) groups excluding carboxylic acids is 2. The number of halogens is 1. The molecule has 1 aliphatic rings. The fraction of sp³-hybridized carbons (Fsp3) is 0.381. The molecule has 1 fully saturated rings. The quantitative estimate of drug-likeness (QED) is 0.793. The normalized spacial score (nSPS) is 18.9. The molecule has 2 aromatic rings. The molecule has 0 spiro atoms. The second kappa shape index (κ2) is 8.93. The van der Waals surface area contributed by atoms with E-state index in [0.717, 1.165) is 5.56 Å². The van der Waals surface area contributed by atoms with E-state index in [1.165, 1.54) is 24.3 Å². The van der Waals surface area contributed by atoms with E-state index in [2.05, 4.69) is 10.3 Å². The van der Waals surface area contributed by atoms with Crippen LogP contribution in [0.25, 0.3) is 0 Å². The summed E-state index contributed by atoms with van der Waals surface area (Å²) in [7, 11) is 1.61. The van der Waals surface area contributed by atoms with E-state index in [1.807, 2.05) is 12.1 Å². The molecule has 0 saturated carbocycles. The van der Waals surface area contributed by atoms with Crippen molar-refractivity contribution in [2.45, 2.75) is 24.8 Å². The summed E-state index contributed by atoms with van der Waals surface area (Å²) in [6.45, 7) is 1.46. The van der Waals surface area contributed by atoms with Crippen LogP contribution in [0.1, 0.15) is 28.8 Å². The van der Waals surface area contributed by atoms with Gasteiger partial charge in [-0.1, -0.05) is 0 Å². The van der Waals surface area contributed by atoms with Crippen molar-refractivity contribution in [3.63, 3.8) is 0 Å². The predicted molar refractivity (Wildman–Crippen MR) is 102 cm³/mol. The van der Waals surface area contributed by atoms with Gasteiger partial charge in [-0.2, -0.15) is 0 Å². The highest BCUT2D eigenvalue weighted by atomic mass is 19.1. The number of aromatic nitrogens is 1. The second-order valence-electron chi connectivity index (χ2n) is 7.08. The maximum atomic E-state index is 13.1. The standard InChI is InChI=1S/C21H24FN3O3/c1-28-13-9-21(24-20(27)17-2-4-18(22)5-3-17)8-12-25(15-21)19(26)14-16-6-10-23-11-7-16/h2-7,10-11H,8-9,12-15H2,1H3,(H,24,27). The first-order valence-electron chi connectivity index (χ1n) is 9.25. The Morgan fingerprint density at radius 3 is 2.61 bits per heavy atom. The molecule has 6 nitrogen and oxygen atoms in total. The molecule has 0 aliphatic carbocycles. The first-order chi connectivity index (χ1) is 13.5. The molecular formula is C21H24FN3O3. The highest BCUT2D eigenvalue weighted by Gasteiger charge is 2.40. The second-order valence-corrected chi connectivity index (χ2v) is 7.08. The van der Waals surface area contributed by atoms with E-state index in [1.54, 1.807) is 24.4 Å². The van der Waals surface area contributed by atoms with Crippen molar-refractivity contribution in [3.05, 3.63) is 65.7 Å². The lowest BCUT2D eigenvalue weighted by molar-refractivity contribution is -0.129. The fourth-order valence-electron chi connectivity index (χ4n) is 3.45. The van der Waals surface area contributed by atoms with Crippen molar-refractivity contribution in [3.8, 4) is 0 Å².